The molecule has 7 nitrogen and oxygen atoms in total. The second-order valence-electron chi connectivity index (χ2n) is 6.82. The molecule has 0 saturated carbocycles. The molecule has 3 heterocycles. The number of carbonyl (C=O) groups excluding carboxylic acids is 1. The predicted molar refractivity (Wildman–Crippen MR) is 111 cm³/mol. The van der Waals surface area contributed by atoms with Crippen molar-refractivity contribution >= 4 is 38.9 Å². The molecule has 1 aliphatic rings. The fourth-order valence-electron chi connectivity index (χ4n) is 3.29. The molecule has 0 atom stereocenters. The fourth-order valence-corrected chi connectivity index (χ4v) is 4.44. The zero-order valence-corrected chi connectivity index (χ0v) is 17.3. The van der Waals surface area contributed by atoms with E-state index in [1.165, 1.54) is 40.1 Å². The van der Waals surface area contributed by atoms with Gasteiger partial charge in [0.05, 0.1) is 5.56 Å². The number of hydrogen-bond donors (Lipinski definition) is 0. The molecule has 1 aliphatic heterocycles. The molecule has 0 N–H and O–H groups in total. The van der Waals surface area contributed by atoms with Crippen molar-refractivity contribution in [2.45, 2.75) is 19.8 Å². The number of carbonyl (C=O) groups is 1. The number of aryl methyl sites for hydroxylation is 1. The van der Waals surface area contributed by atoms with Crippen molar-refractivity contribution in [1.29, 1.82) is 0 Å². The molecule has 0 radical (unpaired) electrons. The normalized spacial score (nSPS) is 14.6. The fraction of sp³-hybridized carbons (Fsp3) is 0.368. The zero-order valence-electron chi connectivity index (χ0n) is 15.8. The Morgan fingerprint density at radius 1 is 1.24 bits per heavy atom. The van der Waals surface area contributed by atoms with Crippen LogP contribution in [0, 0.1) is 5.82 Å². The van der Waals surface area contributed by atoms with Gasteiger partial charge >= 0.3 is 0 Å². The average molecular weight is 436 g/mol. The summed E-state index contributed by atoms with van der Waals surface area (Å²) in [4.78, 5) is 33.6. The van der Waals surface area contributed by atoms with Crippen LogP contribution < -0.4 is 10.5 Å². The van der Waals surface area contributed by atoms with Gasteiger partial charge in [0.15, 0.2) is 0 Å². The number of fused-ring (bicyclic) bond motifs is 1. The lowest BCUT2D eigenvalue weighted by molar-refractivity contribution is 0.0742. The highest BCUT2D eigenvalue weighted by Gasteiger charge is 2.26. The molecule has 0 spiro atoms. The Bertz CT molecular complexity index is 1120. The highest BCUT2D eigenvalue weighted by molar-refractivity contribution is 7.20. The molecule has 29 heavy (non-hydrogen) atoms. The van der Waals surface area contributed by atoms with E-state index in [4.69, 9.17) is 11.6 Å². The Morgan fingerprint density at radius 3 is 2.72 bits per heavy atom. The number of piperazine rings is 1. The van der Waals surface area contributed by atoms with Crippen LogP contribution in [0.5, 0.6) is 0 Å². The Labute approximate surface area is 175 Å². The van der Waals surface area contributed by atoms with Gasteiger partial charge in [-0.05, 0) is 24.6 Å². The van der Waals surface area contributed by atoms with E-state index in [0.29, 0.717) is 41.3 Å². The van der Waals surface area contributed by atoms with Gasteiger partial charge in [-0.1, -0.05) is 36.3 Å². The standard InChI is InChI=1S/C19H19ClFN5O2S/c1-2-3-13-11-16(27)26-18(22-13)29-19(23-26)25-8-6-24(7-9-25)17(28)14-10-12(20)4-5-15(14)21/h4-5,10-11H,2-3,6-9H2,1H3. The first kappa shape index (κ1) is 19.8. The number of nitrogens with zero attached hydrogens (tertiary/aromatic N) is 5. The molecule has 1 fully saturated rings. The van der Waals surface area contributed by atoms with Crippen LogP contribution in [0.2, 0.25) is 5.02 Å². The van der Waals surface area contributed by atoms with E-state index >= 15 is 0 Å². The van der Waals surface area contributed by atoms with Gasteiger partial charge in [0.25, 0.3) is 11.5 Å². The maximum absolute atomic E-state index is 14.0. The maximum atomic E-state index is 14.0. The molecule has 2 aromatic heterocycles. The minimum absolute atomic E-state index is 0.0230. The molecule has 152 valence electrons. The maximum Gasteiger partial charge on any atom is 0.275 e. The van der Waals surface area contributed by atoms with E-state index in [2.05, 4.69) is 10.1 Å². The number of rotatable bonds is 4. The van der Waals surface area contributed by atoms with Gasteiger partial charge in [-0.25, -0.2) is 9.37 Å². The van der Waals surface area contributed by atoms with Gasteiger partial charge in [0.1, 0.15) is 5.82 Å². The minimum Gasteiger partial charge on any atom is -0.343 e. The van der Waals surface area contributed by atoms with E-state index < -0.39 is 5.82 Å². The predicted octanol–water partition coefficient (Wildman–Crippen LogP) is 2.86. The highest BCUT2D eigenvalue weighted by Crippen LogP contribution is 2.24. The molecule has 0 aliphatic carbocycles. The summed E-state index contributed by atoms with van der Waals surface area (Å²) in [5, 5.41) is 5.40. The van der Waals surface area contributed by atoms with Crippen LogP contribution in [-0.2, 0) is 6.42 Å². The average Bonchev–Trinajstić information content (AvgIpc) is 3.14. The largest absolute Gasteiger partial charge is 0.343 e. The van der Waals surface area contributed by atoms with Gasteiger partial charge in [-0.3, -0.25) is 9.59 Å². The SMILES string of the molecule is CCCc1cc(=O)n2nc(N3CCN(C(=O)c4cc(Cl)ccc4F)CC3)sc2n1. The Hall–Kier alpha value is -2.52. The molecule has 0 unspecified atom stereocenters. The van der Waals surface area contributed by atoms with Crippen molar-refractivity contribution in [3.63, 3.8) is 0 Å². The Kier molecular flexibility index (Phi) is 5.51. The quantitative estimate of drug-likeness (QED) is 0.630. The van der Waals surface area contributed by atoms with E-state index in [0.717, 1.165) is 18.5 Å². The molecule has 1 aromatic carbocycles. The van der Waals surface area contributed by atoms with Gasteiger partial charge in [0, 0.05) is 43.0 Å². The summed E-state index contributed by atoms with van der Waals surface area (Å²) >= 11 is 7.25. The first-order valence-electron chi connectivity index (χ1n) is 9.35. The number of hydrogen-bond acceptors (Lipinski definition) is 6. The summed E-state index contributed by atoms with van der Waals surface area (Å²) < 4.78 is 15.3. The number of aromatic nitrogens is 3. The lowest BCUT2D eigenvalue weighted by Gasteiger charge is -2.34. The van der Waals surface area contributed by atoms with Gasteiger partial charge in [-0.15, -0.1) is 5.10 Å². The van der Waals surface area contributed by atoms with E-state index in [-0.39, 0.29) is 17.0 Å². The monoisotopic (exact) mass is 435 g/mol. The molecule has 4 rings (SSSR count). The van der Waals surface area contributed by atoms with Gasteiger partial charge in [0.2, 0.25) is 10.1 Å². The van der Waals surface area contributed by atoms with Crippen LogP contribution in [0.4, 0.5) is 9.52 Å². The summed E-state index contributed by atoms with van der Waals surface area (Å²) in [5.41, 5.74) is 0.558. The minimum atomic E-state index is -0.582. The summed E-state index contributed by atoms with van der Waals surface area (Å²) in [6.07, 6.45) is 1.66. The van der Waals surface area contributed by atoms with Crippen LogP contribution in [0.3, 0.4) is 0 Å². The van der Waals surface area contributed by atoms with Crippen LogP contribution >= 0.6 is 22.9 Å². The summed E-state index contributed by atoms with van der Waals surface area (Å²) in [6.45, 7) is 3.94. The molecule has 0 bridgehead atoms. The highest BCUT2D eigenvalue weighted by atomic mass is 35.5. The summed E-state index contributed by atoms with van der Waals surface area (Å²) in [5.74, 6) is -0.961. The van der Waals surface area contributed by atoms with E-state index in [1.54, 1.807) is 4.90 Å². The van der Waals surface area contributed by atoms with Crippen LogP contribution in [-0.4, -0.2) is 51.6 Å². The van der Waals surface area contributed by atoms with Crippen molar-refractivity contribution in [3.8, 4) is 0 Å². The van der Waals surface area contributed by atoms with Crippen LogP contribution in [0.15, 0.2) is 29.1 Å². The number of anilines is 1. The third-order valence-corrected chi connectivity index (χ3v) is 5.99. The van der Waals surface area contributed by atoms with Crippen LogP contribution in [0.25, 0.3) is 4.96 Å². The second-order valence-corrected chi connectivity index (χ2v) is 8.19. The second kappa shape index (κ2) is 8.08. The van der Waals surface area contributed by atoms with Crippen molar-refractivity contribution in [3.05, 3.63) is 56.7 Å². The Morgan fingerprint density at radius 2 is 2.00 bits per heavy atom. The number of halogens is 2. The third-order valence-electron chi connectivity index (χ3n) is 4.79. The van der Waals surface area contributed by atoms with Crippen molar-refractivity contribution in [1.82, 2.24) is 19.5 Å². The van der Waals surface area contributed by atoms with Crippen LogP contribution in [0.1, 0.15) is 29.4 Å². The smallest absolute Gasteiger partial charge is 0.275 e. The molecule has 1 saturated heterocycles. The number of benzene rings is 1. The molecule has 1 amide bonds. The van der Waals surface area contributed by atoms with Crippen molar-refractivity contribution in [2.24, 2.45) is 0 Å². The first-order valence-corrected chi connectivity index (χ1v) is 10.5. The lowest BCUT2D eigenvalue weighted by atomic mass is 10.1. The third kappa shape index (κ3) is 3.97. The van der Waals surface area contributed by atoms with Crippen molar-refractivity contribution in [2.75, 3.05) is 31.1 Å². The lowest BCUT2D eigenvalue weighted by Crippen LogP contribution is -2.49. The van der Waals surface area contributed by atoms with E-state index in [9.17, 15) is 14.0 Å². The van der Waals surface area contributed by atoms with E-state index in [1.807, 2.05) is 11.8 Å². The molecular weight excluding hydrogens is 417 g/mol. The van der Waals surface area contributed by atoms with Gasteiger partial charge in [-0.2, -0.15) is 4.52 Å². The number of amides is 1. The summed E-state index contributed by atoms with van der Waals surface area (Å²) in [6, 6.07) is 5.49. The molecular formula is C19H19ClFN5O2S. The first-order chi connectivity index (χ1) is 14.0. The molecule has 10 heteroatoms. The van der Waals surface area contributed by atoms with Crippen molar-refractivity contribution < 1.29 is 9.18 Å². The summed E-state index contributed by atoms with van der Waals surface area (Å²) in [7, 11) is 0. The topological polar surface area (TPSA) is 70.8 Å². The van der Waals surface area contributed by atoms with Gasteiger partial charge < -0.3 is 9.80 Å². The zero-order chi connectivity index (χ0) is 20.5. The molecule has 3 aromatic rings. The Balaban J connectivity index is 1.49.